The smallest absolute Gasteiger partial charge is 0.306 e. The van der Waals surface area contributed by atoms with Crippen LogP contribution >= 0.6 is 11.6 Å². The Morgan fingerprint density at radius 3 is 2.94 bits per heavy atom. The van der Waals surface area contributed by atoms with Gasteiger partial charge in [0.2, 0.25) is 0 Å². The average Bonchev–Trinajstić information content (AvgIpc) is 2.68. The van der Waals surface area contributed by atoms with Gasteiger partial charge in [0.25, 0.3) is 0 Å². The lowest BCUT2D eigenvalue weighted by atomic mass is 9.89. The Hall–Kier alpha value is -1.22. The molecule has 0 spiro atoms. The van der Waals surface area contributed by atoms with E-state index in [1.165, 1.54) is 0 Å². The molecule has 2 atom stereocenters. The molecule has 17 heavy (non-hydrogen) atoms. The van der Waals surface area contributed by atoms with Crippen LogP contribution in [0, 0.1) is 5.92 Å². The number of halogens is 1. The van der Waals surface area contributed by atoms with E-state index in [1.807, 2.05) is 18.2 Å². The molecule has 3 nitrogen and oxygen atoms in total. The van der Waals surface area contributed by atoms with Crippen molar-refractivity contribution in [3.05, 3.63) is 28.8 Å². The van der Waals surface area contributed by atoms with E-state index in [0.29, 0.717) is 5.02 Å². The van der Waals surface area contributed by atoms with Gasteiger partial charge in [-0.3, -0.25) is 4.79 Å². The molecule has 0 radical (unpaired) electrons. The minimum atomic E-state index is -0.765. The monoisotopic (exact) mass is 253 g/mol. The lowest BCUT2D eigenvalue weighted by molar-refractivity contribution is -0.141. The molecule has 1 aromatic rings. The number of benzene rings is 1. The first kappa shape index (κ1) is 12.2. The van der Waals surface area contributed by atoms with Crippen molar-refractivity contribution in [2.24, 2.45) is 5.92 Å². The van der Waals surface area contributed by atoms with Crippen LogP contribution in [0.2, 0.25) is 5.02 Å². The predicted octanol–water partition coefficient (Wildman–Crippen LogP) is 2.98. The van der Waals surface area contributed by atoms with Gasteiger partial charge < -0.3 is 10.0 Å². The molecule has 92 valence electrons. The molecular weight excluding hydrogens is 238 g/mol. The average molecular weight is 254 g/mol. The van der Waals surface area contributed by atoms with Crippen molar-refractivity contribution in [2.75, 3.05) is 18.0 Å². The summed E-state index contributed by atoms with van der Waals surface area (Å²) in [6, 6.07) is 5.76. The second-order valence-electron chi connectivity index (χ2n) is 4.44. The number of fused-ring (bicyclic) bond motifs is 1. The van der Waals surface area contributed by atoms with Gasteiger partial charge in [-0.2, -0.15) is 0 Å². The molecule has 0 amide bonds. The summed E-state index contributed by atoms with van der Waals surface area (Å²) in [5.41, 5.74) is 2.07. The van der Waals surface area contributed by atoms with Crippen molar-refractivity contribution in [2.45, 2.75) is 19.8 Å². The second kappa shape index (κ2) is 4.57. The fourth-order valence-electron chi connectivity index (χ4n) is 2.48. The van der Waals surface area contributed by atoms with Crippen LogP contribution < -0.4 is 4.90 Å². The van der Waals surface area contributed by atoms with Crippen LogP contribution in [-0.4, -0.2) is 24.2 Å². The Morgan fingerprint density at radius 1 is 1.65 bits per heavy atom. The van der Waals surface area contributed by atoms with Gasteiger partial charge >= 0.3 is 5.97 Å². The third kappa shape index (κ3) is 2.00. The first-order valence-electron chi connectivity index (χ1n) is 5.82. The minimum Gasteiger partial charge on any atom is -0.481 e. The van der Waals surface area contributed by atoms with E-state index >= 15 is 0 Å². The molecular formula is C13H16ClNO2. The number of anilines is 1. The summed E-state index contributed by atoms with van der Waals surface area (Å²) in [5, 5.41) is 9.83. The molecule has 0 saturated carbocycles. The molecule has 0 bridgehead atoms. The van der Waals surface area contributed by atoms with Gasteiger partial charge in [-0.25, -0.2) is 0 Å². The van der Waals surface area contributed by atoms with Gasteiger partial charge in [0, 0.05) is 29.7 Å². The Morgan fingerprint density at radius 2 is 2.35 bits per heavy atom. The SMILES string of the molecule is CCN1CC(C(C)C(=O)O)c2c(Cl)cccc21. The zero-order chi connectivity index (χ0) is 12.6. The van der Waals surface area contributed by atoms with Gasteiger partial charge in [-0.05, 0) is 24.6 Å². The number of carbonyl (C=O) groups is 1. The van der Waals surface area contributed by atoms with Gasteiger partial charge in [0.15, 0.2) is 0 Å². The van der Waals surface area contributed by atoms with Crippen LogP contribution in [-0.2, 0) is 4.79 Å². The molecule has 0 saturated heterocycles. The standard InChI is InChI=1S/C13H16ClNO2/c1-3-15-7-9(8(2)13(16)17)12-10(14)5-4-6-11(12)15/h4-6,8-9H,3,7H2,1-2H3,(H,16,17). The Labute approximate surface area is 106 Å². The van der Waals surface area contributed by atoms with Crippen molar-refractivity contribution in [1.82, 2.24) is 0 Å². The number of carboxylic acid groups (broad SMARTS) is 1. The van der Waals surface area contributed by atoms with E-state index in [4.69, 9.17) is 16.7 Å². The van der Waals surface area contributed by atoms with Crippen molar-refractivity contribution in [3.8, 4) is 0 Å². The lowest BCUT2D eigenvalue weighted by Gasteiger charge is -2.18. The fourth-order valence-corrected chi connectivity index (χ4v) is 2.78. The molecule has 1 heterocycles. The number of likely N-dealkylation sites (N-methyl/N-ethyl adjacent to an activating group) is 1. The van der Waals surface area contributed by atoms with Crippen LogP contribution in [0.3, 0.4) is 0 Å². The van der Waals surface area contributed by atoms with Crippen molar-refractivity contribution in [3.63, 3.8) is 0 Å². The Kier molecular flexibility index (Phi) is 3.29. The van der Waals surface area contributed by atoms with Crippen LogP contribution in [0.5, 0.6) is 0 Å². The van der Waals surface area contributed by atoms with Crippen LogP contribution in [0.15, 0.2) is 18.2 Å². The molecule has 2 rings (SSSR count). The summed E-state index contributed by atoms with van der Waals surface area (Å²) in [6.07, 6.45) is 0. The molecule has 1 aliphatic heterocycles. The summed E-state index contributed by atoms with van der Waals surface area (Å²) >= 11 is 6.22. The first-order chi connectivity index (χ1) is 8.06. The summed E-state index contributed by atoms with van der Waals surface area (Å²) in [7, 11) is 0. The number of rotatable bonds is 3. The van der Waals surface area contributed by atoms with Crippen LogP contribution in [0.1, 0.15) is 25.3 Å². The highest BCUT2D eigenvalue weighted by Gasteiger charge is 2.36. The fraction of sp³-hybridized carbons (Fsp3) is 0.462. The van der Waals surface area contributed by atoms with Gasteiger partial charge in [-0.1, -0.05) is 24.6 Å². The molecule has 1 N–H and O–H groups in total. The third-order valence-electron chi connectivity index (χ3n) is 3.53. The molecule has 0 aromatic heterocycles. The van der Waals surface area contributed by atoms with Crippen LogP contribution in [0.4, 0.5) is 5.69 Å². The third-order valence-corrected chi connectivity index (χ3v) is 3.86. The predicted molar refractivity (Wildman–Crippen MR) is 68.9 cm³/mol. The molecule has 4 heteroatoms. The Balaban J connectivity index is 2.45. The summed E-state index contributed by atoms with van der Waals surface area (Å²) in [4.78, 5) is 13.3. The lowest BCUT2D eigenvalue weighted by Crippen LogP contribution is -2.26. The number of carboxylic acids is 1. The van der Waals surface area contributed by atoms with E-state index in [-0.39, 0.29) is 5.92 Å². The van der Waals surface area contributed by atoms with E-state index < -0.39 is 11.9 Å². The number of aliphatic carboxylic acids is 1. The highest BCUT2D eigenvalue weighted by molar-refractivity contribution is 6.32. The van der Waals surface area contributed by atoms with Gasteiger partial charge in [0.05, 0.1) is 5.92 Å². The highest BCUT2D eigenvalue weighted by Crippen LogP contribution is 2.43. The molecule has 0 aliphatic carbocycles. The van der Waals surface area contributed by atoms with Crippen molar-refractivity contribution >= 4 is 23.3 Å². The van der Waals surface area contributed by atoms with Crippen LogP contribution in [0.25, 0.3) is 0 Å². The quantitative estimate of drug-likeness (QED) is 0.900. The number of hydrogen-bond donors (Lipinski definition) is 1. The van der Waals surface area contributed by atoms with E-state index in [0.717, 1.165) is 24.3 Å². The summed E-state index contributed by atoms with van der Waals surface area (Å²) in [5.74, 6) is -1.19. The Bertz CT molecular complexity index is 447. The van der Waals surface area contributed by atoms with E-state index in [2.05, 4.69) is 11.8 Å². The maximum Gasteiger partial charge on any atom is 0.306 e. The van der Waals surface area contributed by atoms with E-state index in [1.54, 1.807) is 6.92 Å². The van der Waals surface area contributed by atoms with Crippen molar-refractivity contribution < 1.29 is 9.90 Å². The highest BCUT2D eigenvalue weighted by atomic mass is 35.5. The first-order valence-corrected chi connectivity index (χ1v) is 6.20. The number of nitrogens with zero attached hydrogens (tertiary/aromatic N) is 1. The summed E-state index contributed by atoms with van der Waals surface area (Å²) in [6.45, 7) is 5.43. The molecule has 1 aromatic carbocycles. The maximum absolute atomic E-state index is 11.1. The zero-order valence-electron chi connectivity index (χ0n) is 9.98. The number of hydrogen-bond acceptors (Lipinski definition) is 2. The molecule has 1 aliphatic rings. The van der Waals surface area contributed by atoms with Crippen molar-refractivity contribution in [1.29, 1.82) is 0 Å². The minimum absolute atomic E-state index is 0.0175. The zero-order valence-corrected chi connectivity index (χ0v) is 10.7. The maximum atomic E-state index is 11.1. The topological polar surface area (TPSA) is 40.5 Å². The second-order valence-corrected chi connectivity index (χ2v) is 4.85. The summed E-state index contributed by atoms with van der Waals surface area (Å²) < 4.78 is 0. The molecule has 0 fully saturated rings. The largest absolute Gasteiger partial charge is 0.481 e. The van der Waals surface area contributed by atoms with Gasteiger partial charge in [0.1, 0.15) is 0 Å². The normalized spacial score (nSPS) is 20.2. The van der Waals surface area contributed by atoms with E-state index in [9.17, 15) is 4.79 Å². The molecule has 2 unspecified atom stereocenters. The van der Waals surface area contributed by atoms with Gasteiger partial charge in [-0.15, -0.1) is 0 Å².